The average Bonchev–Trinajstić information content (AvgIpc) is 3.22. The van der Waals surface area contributed by atoms with Crippen molar-refractivity contribution in [3.05, 3.63) is 22.6 Å². The Morgan fingerprint density at radius 2 is 2.33 bits per heavy atom. The molecular formula is C13H14ClFN4O2. The molecule has 6 nitrogen and oxygen atoms in total. The molecule has 0 aliphatic heterocycles. The van der Waals surface area contributed by atoms with E-state index in [0.717, 1.165) is 18.9 Å². The molecule has 0 unspecified atom stereocenters. The van der Waals surface area contributed by atoms with Crippen LogP contribution in [0.15, 0.2) is 6.07 Å². The van der Waals surface area contributed by atoms with Gasteiger partial charge in [-0.25, -0.2) is 14.2 Å². The van der Waals surface area contributed by atoms with E-state index in [1.54, 1.807) is 13.0 Å². The quantitative estimate of drug-likeness (QED) is 0.726. The maximum absolute atomic E-state index is 13.9. The topological polar surface area (TPSA) is 98.0 Å². The summed E-state index contributed by atoms with van der Waals surface area (Å²) in [6, 6.07) is 2.06. The summed E-state index contributed by atoms with van der Waals surface area (Å²) in [4.78, 5) is 14.6. The van der Waals surface area contributed by atoms with E-state index >= 15 is 0 Å². The van der Waals surface area contributed by atoms with Crippen molar-refractivity contribution in [2.45, 2.75) is 31.8 Å². The maximum Gasteiger partial charge on any atom is 0.404 e. The molecule has 1 aliphatic carbocycles. The van der Waals surface area contributed by atoms with Crippen molar-refractivity contribution in [2.75, 3.05) is 5.32 Å². The smallest absolute Gasteiger partial charge is 0.404 e. The molecule has 0 spiro atoms. The van der Waals surface area contributed by atoms with Gasteiger partial charge in [-0.05, 0) is 31.7 Å². The standard InChI is InChI=1S/C13H14ClFN4O2/c1-6(17-13(20)21)10(7-2-3-7)18-12-9(15)4-8(5-16)11(14)19-12/h4,6-7,10,17H,2-3H2,1H3,(H,18,19)(H,20,21)/t6-,10-/m0/s1. The first-order chi connectivity index (χ1) is 9.92. The van der Waals surface area contributed by atoms with Gasteiger partial charge in [-0.2, -0.15) is 5.26 Å². The van der Waals surface area contributed by atoms with Gasteiger partial charge in [0, 0.05) is 6.04 Å². The van der Waals surface area contributed by atoms with Gasteiger partial charge in [0.2, 0.25) is 0 Å². The largest absolute Gasteiger partial charge is 0.465 e. The molecule has 112 valence electrons. The summed E-state index contributed by atoms with van der Waals surface area (Å²) in [5, 5.41) is 22.7. The maximum atomic E-state index is 13.9. The Kier molecular flexibility index (Phi) is 4.48. The SMILES string of the molecule is C[C@H](NC(=O)O)[C@H](Nc1nc(Cl)c(C#N)cc1F)C1CC1. The number of anilines is 1. The third-order valence-electron chi connectivity index (χ3n) is 3.37. The average molecular weight is 313 g/mol. The number of nitrogens with zero attached hydrogens (tertiary/aromatic N) is 2. The van der Waals surface area contributed by atoms with Gasteiger partial charge < -0.3 is 15.7 Å². The molecule has 8 heteroatoms. The number of halogens is 2. The predicted octanol–water partition coefficient (Wildman–Crippen LogP) is 2.59. The molecule has 1 saturated carbocycles. The van der Waals surface area contributed by atoms with Crippen molar-refractivity contribution in [1.82, 2.24) is 10.3 Å². The molecule has 0 radical (unpaired) electrons. The minimum Gasteiger partial charge on any atom is -0.465 e. The normalized spacial score (nSPS) is 16.7. The second-order valence-electron chi connectivity index (χ2n) is 5.01. The van der Waals surface area contributed by atoms with Crippen LogP contribution in [0.2, 0.25) is 5.15 Å². The summed E-state index contributed by atoms with van der Waals surface area (Å²) >= 11 is 5.79. The minimum absolute atomic E-state index is 0.0422. The lowest BCUT2D eigenvalue weighted by Crippen LogP contribution is -2.45. The first-order valence-corrected chi connectivity index (χ1v) is 6.82. The summed E-state index contributed by atoms with van der Waals surface area (Å²) in [5.74, 6) is -0.512. The number of hydrogen-bond donors (Lipinski definition) is 3. The second kappa shape index (κ2) is 6.14. The van der Waals surface area contributed by atoms with Crippen molar-refractivity contribution in [3.63, 3.8) is 0 Å². The fourth-order valence-electron chi connectivity index (χ4n) is 2.19. The minimum atomic E-state index is -1.14. The van der Waals surface area contributed by atoms with Crippen LogP contribution in [0.4, 0.5) is 15.0 Å². The van der Waals surface area contributed by atoms with Crippen LogP contribution in [0, 0.1) is 23.1 Å². The number of nitrogens with one attached hydrogen (secondary N) is 2. The molecule has 1 aliphatic rings. The van der Waals surface area contributed by atoms with Crippen molar-refractivity contribution < 1.29 is 14.3 Å². The van der Waals surface area contributed by atoms with Crippen molar-refractivity contribution in [3.8, 4) is 6.07 Å². The summed E-state index contributed by atoms with van der Waals surface area (Å²) in [7, 11) is 0. The number of hydrogen-bond acceptors (Lipinski definition) is 4. The molecule has 0 saturated heterocycles. The molecule has 2 atom stereocenters. The van der Waals surface area contributed by atoms with Crippen LogP contribution in [0.1, 0.15) is 25.3 Å². The molecule has 1 heterocycles. The van der Waals surface area contributed by atoms with Gasteiger partial charge in [0.1, 0.15) is 11.2 Å². The number of nitriles is 1. The molecular weight excluding hydrogens is 299 g/mol. The van der Waals surface area contributed by atoms with Crippen molar-refractivity contribution in [2.24, 2.45) is 5.92 Å². The predicted molar refractivity (Wildman–Crippen MR) is 74.7 cm³/mol. The van der Waals surface area contributed by atoms with Crippen LogP contribution < -0.4 is 10.6 Å². The number of amides is 1. The Hall–Kier alpha value is -2.07. The molecule has 2 rings (SSSR count). The Morgan fingerprint density at radius 1 is 1.67 bits per heavy atom. The van der Waals surface area contributed by atoms with E-state index < -0.39 is 18.0 Å². The molecule has 1 amide bonds. The van der Waals surface area contributed by atoms with E-state index in [2.05, 4.69) is 15.6 Å². The highest BCUT2D eigenvalue weighted by molar-refractivity contribution is 6.30. The van der Waals surface area contributed by atoms with Crippen molar-refractivity contribution in [1.29, 1.82) is 5.26 Å². The zero-order chi connectivity index (χ0) is 15.6. The molecule has 1 fully saturated rings. The summed E-state index contributed by atoms with van der Waals surface area (Å²) in [5.41, 5.74) is -0.0422. The van der Waals surface area contributed by atoms with Gasteiger partial charge in [0.15, 0.2) is 11.6 Å². The fraction of sp³-hybridized carbons (Fsp3) is 0.462. The number of carboxylic acid groups (broad SMARTS) is 1. The van der Waals surface area contributed by atoms with Gasteiger partial charge in [-0.1, -0.05) is 11.6 Å². The Balaban J connectivity index is 2.19. The number of rotatable bonds is 5. The molecule has 0 bridgehead atoms. The Bertz CT molecular complexity index is 601. The van der Waals surface area contributed by atoms with Crippen LogP contribution in [-0.4, -0.2) is 28.3 Å². The van der Waals surface area contributed by atoms with E-state index in [0.29, 0.717) is 0 Å². The van der Waals surface area contributed by atoms with E-state index in [1.807, 2.05) is 0 Å². The van der Waals surface area contributed by atoms with Crippen LogP contribution >= 0.6 is 11.6 Å². The number of aromatic nitrogens is 1. The van der Waals surface area contributed by atoms with Crippen LogP contribution in [-0.2, 0) is 0 Å². The monoisotopic (exact) mass is 312 g/mol. The van der Waals surface area contributed by atoms with Crippen LogP contribution in [0.3, 0.4) is 0 Å². The van der Waals surface area contributed by atoms with E-state index in [-0.39, 0.29) is 28.5 Å². The first kappa shape index (κ1) is 15.3. The summed E-state index contributed by atoms with van der Waals surface area (Å²) in [6.07, 6.45) is 0.741. The van der Waals surface area contributed by atoms with E-state index in [9.17, 15) is 9.18 Å². The highest BCUT2D eigenvalue weighted by atomic mass is 35.5. The lowest BCUT2D eigenvalue weighted by atomic mass is 10.1. The second-order valence-corrected chi connectivity index (χ2v) is 5.37. The third kappa shape index (κ3) is 3.73. The third-order valence-corrected chi connectivity index (χ3v) is 3.66. The molecule has 1 aromatic rings. The Morgan fingerprint density at radius 3 is 2.86 bits per heavy atom. The van der Waals surface area contributed by atoms with Crippen LogP contribution in [0.5, 0.6) is 0 Å². The molecule has 0 aromatic carbocycles. The summed E-state index contributed by atoms with van der Waals surface area (Å²) < 4.78 is 13.9. The first-order valence-electron chi connectivity index (χ1n) is 6.44. The van der Waals surface area contributed by atoms with Crippen LogP contribution in [0.25, 0.3) is 0 Å². The zero-order valence-electron chi connectivity index (χ0n) is 11.2. The van der Waals surface area contributed by atoms with E-state index in [4.69, 9.17) is 22.0 Å². The lowest BCUT2D eigenvalue weighted by Gasteiger charge is -2.25. The van der Waals surface area contributed by atoms with Gasteiger partial charge in [-0.3, -0.25) is 0 Å². The fourth-order valence-corrected chi connectivity index (χ4v) is 2.38. The molecule has 21 heavy (non-hydrogen) atoms. The van der Waals surface area contributed by atoms with Gasteiger partial charge in [-0.15, -0.1) is 0 Å². The summed E-state index contributed by atoms with van der Waals surface area (Å²) in [6.45, 7) is 1.70. The molecule has 3 N–H and O–H groups in total. The number of pyridine rings is 1. The zero-order valence-corrected chi connectivity index (χ0v) is 12.0. The van der Waals surface area contributed by atoms with Crippen molar-refractivity contribution >= 4 is 23.5 Å². The number of carbonyl (C=O) groups is 1. The lowest BCUT2D eigenvalue weighted by molar-refractivity contribution is 0.188. The highest BCUT2D eigenvalue weighted by Gasteiger charge is 2.36. The molecule has 1 aromatic heterocycles. The van der Waals surface area contributed by atoms with Gasteiger partial charge in [0.05, 0.1) is 11.6 Å². The van der Waals surface area contributed by atoms with E-state index in [1.165, 1.54) is 0 Å². The highest BCUT2D eigenvalue weighted by Crippen LogP contribution is 2.36. The van der Waals surface area contributed by atoms with Gasteiger partial charge >= 0.3 is 6.09 Å². The van der Waals surface area contributed by atoms with Gasteiger partial charge in [0.25, 0.3) is 0 Å². The Labute approximate surface area is 125 Å².